The molecule has 1 aliphatic heterocycles. The number of fused-ring (bicyclic) bond motifs is 1. The summed E-state index contributed by atoms with van der Waals surface area (Å²) in [6.07, 6.45) is 5.61. The van der Waals surface area contributed by atoms with Gasteiger partial charge in [-0.25, -0.2) is 0 Å². The van der Waals surface area contributed by atoms with Crippen LogP contribution in [0.15, 0.2) is 24.4 Å². The molecule has 1 fully saturated rings. The zero-order valence-corrected chi connectivity index (χ0v) is 14.3. The number of aromatic nitrogens is 2. The Hall–Kier alpha value is -0.310. The van der Waals surface area contributed by atoms with Crippen LogP contribution in [-0.2, 0) is 6.42 Å². The lowest BCUT2D eigenvalue weighted by atomic mass is 10.0. The minimum absolute atomic E-state index is 0.476. The number of halogens is 1. The van der Waals surface area contributed by atoms with Gasteiger partial charge in [0, 0.05) is 48.3 Å². The molecule has 0 saturated carbocycles. The average Bonchev–Trinajstić information content (AvgIpc) is 3.13. The summed E-state index contributed by atoms with van der Waals surface area (Å²) >= 11 is 2.25. The van der Waals surface area contributed by atoms with Crippen LogP contribution < -0.4 is 5.73 Å². The predicted molar refractivity (Wildman–Crippen MR) is 94.1 cm³/mol. The molecule has 0 aliphatic carbocycles. The first-order valence-electron chi connectivity index (χ1n) is 7.01. The lowest BCUT2D eigenvalue weighted by Crippen LogP contribution is -2.40. The number of hydrogen-bond donors (Lipinski definition) is 1. The second kappa shape index (κ2) is 6.64. The molecule has 1 atom stereocenters. The molecule has 2 heterocycles. The molecule has 0 bridgehead atoms. The Kier molecular flexibility index (Phi) is 4.85. The van der Waals surface area contributed by atoms with E-state index < -0.39 is 0 Å². The Morgan fingerprint density at radius 1 is 1.35 bits per heavy atom. The van der Waals surface area contributed by atoms with Crippen LogP contribution in [0.5, 0.6) is 0 Å². The van der Waals surface area contributed by atoms with Crippen LogP contribution >= 0.6 is 30.3 Å². The maximum Gasteiger partial charge on any atom is 0.0820 e. The molecule has 1 aromatic carbocycles. The normalized spacial score (nSPS) is 17.9. The molecular formula is C14H19IN4S. The maximum absolute atomic E-state index is 5.98. The highest BCUT2D eigenvalue weighted by Crippen LogP contribution is 2.24. The van der Waals surface area contributed by atoms with E-state index >= 15 is 0 Å². The van der Waals surface area contributed by atoms with Crippen molar-refractivity contribution in [2.24, 2.45) is 5.73 Å². The molecule has 1 unspecified atom stereocenters. The van der Waals surface area contributed by atoms with Crippen molar-refractivity contribution < 1.29 is 0 Å². The fourth-order valence-electron chi connectivity index (χ4n) is 2.98. The van der Waals surface area contributed by atoms with E-state index in [9.17, 15) is 0 Å². The van der Waals surface area contributed by atoms with E-state index in [1.807, 2.05) is 10.3 Å². The summed E-state index contributed by atoms with van der Waals surface area (Å²) in [5.74, 6) is 0. The summed E-state index contributed by atoms with van der Waals surface area (Å²) in [4.78, 5) is 2.54. The van der Waals surface area contributed by atoms with Gasteiger partial charge < -0.3 is 5.73 Å². The summed E-state index contributed by atoms with van der Waals surface area (Å²) < 4.78 is 1.94. The van der Waals surface area contributed by atoms with Gasteiger partial charge in [-0.05, 0) is 50.0 Å². The Morgan fingerprint density at radius 3 is 2.85 bits per heavy atom. The summed E-state index contributed by atoms with van der Waals surface area (Å²) in [7, 11) is 1.60. The number of hydrogen-bond acceptors (Lipinski definition) is 4. The molecule has 4 nitrogen and oxygen atoms in total. The van der Waals surface area contributed by atoms with Crippen molar-refractivity contribution in [1.29, 1.82) is 0 Å². The van der Waals surface area contributed by atoms with Crippen molar-refractivity contribution in [2.75, 3.05) is 19.6 Å². The van der Waals surface area contributed by atoms with E-state index in [1.54, 1.807) is 9.12 Å². The van der Waals surface area contributed by atoms with Gasteiger partial charge in [-0.1, -0.05) is 6.07 Å². The number of nitrogens with zero attached hydrogens (tertiary/aromatic N) is 3. The standard InChI is InChI=1S/C14H19IN4S/c15-20-19-14-4-3-11(7-12(14)10-17-19)8-13(9-16)18-5-1-2-6-18/h3-4,7,10,13H,1-2,5-6,8-9,16H2. The van der Waals surface area contributed by atoms with Crippen molar-refractivity contribution in [3.05, 3.63) is 30.0 Å². The molecule has 1 aromatic heterocycles. The number of nitrogens with two attached hydrogens (primary N) is 1. The molecule has 2 aromatic rings. The predicted octanol–water partition coefficient (Wildman–Crippen LogP) is 2.85. The molecule has 0 amide bonds. The Balaban J connectivity index is 1.79. The zero-order valence-electron chi connectivity index (χ0n) is 11.3. The SMILES string of the molecule is NCC(Cc1ccc2c(cnn2SI)c1)N1CCCC1. The smallest absolute Gasteiger partial charge is 0.0820 e. The van der Waals surface area contributed by atoms with Crippen molar-refractivity contribution in [2.45, 2.75) is 25.3 Å². The first-order chi connectivity index (χ1) is 9.81. The second-order valence-electron chi connectivity index (χ2n) is 5.32. The van der Waals surface area contributed by atoms with Gasteiger partial charge in [0.1, 0.15) is 0 Å². The molecule has 1 saturated heterocycles. The van der Waals surface area contributed by atoms with E-state index in [0.29, 0.717) is 6.04 Å². The quantitative estimate of drug-likeness (QED) is 0.782. The maximum atomic E-state index is 5.98. The van der Waals surface area contributed by atoms with Crippen LogP contribution in [0.1, 0.15) is 18.4 Å². The van der Waals surface area contributed by atoms with Crippen LogP contribution in [-0.4, -0.2) is 39.8 Å². The van der Waals surface area contributed by atoms with Gasteiger partial charge in [0.25, 0.3) is 0 Å². The molecule has 1 aliphatic rings. The molecular weight excluding hydrogens is 383 g/mol. The summed E-state index contributed by atoms with van der Waals surface area (Å²) in [5.41, 5.74) is 8.51. The van der Waals surface area contributed by atoms with Gasteiger partial charge in [-0.2, -0.15) is 9.19 Å². The van der Waals surface area contributed by atoms with Crippen molar-refractivity contribution in [1.82, 2.24) is 14.1 Å². The first kappa shape index (κ1) is 14.6. The average molecular weight is 402 g/mol. The van der Waals surface area contributed by atoms with E-state index in [-0.39, 0.29) is 0 Å². The van der Waals surface area contributed by atoms with Crippen LogP contribution in [0.2, 0.25) is 0 Å². The molecule has 108 valence electrons. The van der Waals surface area contributed by atoms with Crippen molar-refractivity contribution in [3.8, 4) is 0 Å². The largest absolute Gasteiger partial charge is 0.329 e. The zero-order chi connectivity index (χ0) is 13.9. The van der Waals surface area contributed by atoms with Crippen LogP contribution in [0, 0.1) is 0 Å². The highest BCUT2D eigenvalue weighted by Gasteiger charge is 2.21. The van der Waals surface area contributed by atoms with Gasteiger partial charge >= 0.3 is 0 Å². The molecule has 2 N–H and O–H groups in total. The van der Waals surface area contributed by atoms with Gasteiger partial charge in [-0.15, -0.1) is 0 Å². The number of likely N-dealkylation sites (tertiary alicyclic amines) is 1. The highest BCUT2D eigenvalue weighted by atomic mass is 127. The second-order valence-corrected chi connectivity index (χ2v) is 6.98. The van der Waals surface area contributed by atoms with Crippen LogP contribution in [0.3, 0.4) is 0 Å². The number of benzene rings is 1. The van der Waals surface area contributed by atoms with E-state index in [4.69, 9.17) is 5.73 Å². The molecule has 3 rings (SSSR count). The van der Waals surface area contributed by atoms with Gasteiger partial charge in [0.15, 0.2) is 0 Å². The van der Waals surface area contributed by atoms with Crippen LogP contribution in [0.4, 0.5) is 0 Å². The molecule has 0 spiro atoms. The van der Waals surface area contributed by atoms with Gasteiger partial charge in [0.05, 0.1) is 11.7 Å². The van der Waals surface area contributed by atoms with Gasteiger partial charge in [0.2, 0.25) is 0 Å². The monoisotopic (exact) mass is 402 g/mol. The lowest BCUT2D eigenvalue weighted by Gasteiger charge is -2.26. The fraction of sp³-hybridized carbons (Fsp3) is 0.500. The molecule has 0 radical (unpaired) electrons. The topological polar surface area (TPSA) is 47.1 Å². The fourth-order valence-corrected chi connectivity index (χ4v) is 4.25. The van der Waals surface area contributed by atoms with Crippen molar-refractivity contribution in [3.63, 3.8) is 0 Å². The molecule has 20 heavy (non-hydrogen) atoms. The Labute approximate surface area is 135 Å². The van der Waals surface area contributed by atoms with E-state index in [1.165, 1.54) is 42.4 Å². The minimum Gasteiger partial charge on any atom is -0.329 e. The lowest BCUT2D eigenvalue weighted by molar-refractivity contribution is 0.246. The number of rotatable bonds is 5. The summed E-state index contributed by atoms with van der Waals surface area (Å²) in [6, 6.07) is 7.11. The van der Waals surface area contributed by atoms with Gasteiger partial charge in [-0.3, -0.25) is 4.90 Å². The summed E-state index contributed by atoms with van der Waals surface area (Å²) in [5, 5.41) is 5.58. The van der Waals surface area contributed by atoms with Crippen molar-refractivity contribution >= 4 is 41.2 Å². The van der Waals surface area contributed by atoms with E-state index in [0.717, 1.165) is 13.0 Å². The Morgan fingerprint density at radius 2 is 2.15 bits per heavy atom. The third-order valence-corrected chi connectivity index (χ3v) is 5.61. The van der Waals surface area contributed by atoms with E-state index in [2.05, 4.69) is 49.4 Å². The minimum atomic E-state index is 0.476. The highest BCUT2D eigenvalue weighted by molar-refractivity contribution is 14.2. The summed E-state index contributed by atoms with van der Waals surface area (Å²) in [6.45, 7) is 3.14. The Bertz CT molecular complexity index is 580. The first-order valence-corrected chi connectivity index (χ1v) is 10.3. The molecule has 6 heteroatoms. The third-order valence-electron chi connectivity index (χ3n) is 4.07. The van der Waals surface area contributed by atoms with Crippen LogP contribution in [0.25, 0.3) is 10.9 Å². The third kappa shape index (κ3) is 2.98.